The van der Waals surface area contributed by atoms with Crippen molar-refractivity contribution in [1.29, 1.82) is 0 Å². The summed E-state index contributed by atoms with van der Waals surface area (Å²) in [5.74, 6) is 2.05. The van der Waals surface area contributed by atoms with Crippen molar-refractivity contribution in [2.24, 2.45) is 11.8 Å². The summed E-state index contributed by atoms with van der Waals surface area (Å²) in [6.45, 7) is 7.54. The van der Waals surface area contributed by atoms with Crippen LogP contribution in [0.15, 0.2) is 24.3 Å². The first-order valence-electron chi connectivity index (χ1n) is 8.38. The van der Waals surface area contributed by atoms with Crippen LogP contribution in [0.5, 0.6) is 5.75 Å². The van der Waals surface area contributed by atoms with Crippen LogP contribution in [0.2, 0.25) is 0 Å². The molecule has 1 heterocycles. The molecule has 0 bridgehead atoms. The molecule has 0 radical (unpaired) electrons. The molecule has 2 unspecified atom stereocenters. The second-order valence-corrected chi connectivity index (χ2v) is 6.14. The van der Waals surface area contributed by atoms with E-state index in [1.165, 1.54) is 12.8 Å². The molecule has 22 heavy (non-hydrogen) atoms. The highest BCUT2D eigenvalue weighted by molar-refractivity contribution is 5.76. The first kappa shape index (κ1) is 16.8. The number of piperidine rings is 1. The Bertz CT molecular complexity index is 470. The molecular weight excluding hydrogens is 276 g/mol. The van der Waals surface area contributed by atoms with Crippen molar-refractivity contribution in [3.63, 3.8) is 0 Å². The Morgan fingerprint density at radius 1 is 1.50 bits per heavy atom. The van der Waals surface area contributed by atoms with E-state index in [4.69, 9.17) is 4.74 Å². The van der Waals surface area contributed by atoms with E-state index in [1.54, 1.807) is 0 Å². The number of nitrogens with one attached hydrogen (secondary N) is 2. The minimum Gasteiger partial charge on any atom is -0.494 e. The molecule has 0 aromatic heterocycles. The van der Waals surface area contributed by atoms with Gasteiger partial charge in [0.1, 0.15) is 5.75 Å². The predicted molar refractivity (Wildman–Crippen MR) is 88.8 cm³/mol. The molecule has 1 fully saturated rings. The highest BCUT2D eigenvalue weighted by atomic mass is 16.5. The Morgan fingerprint density at radius 2 is 2.36 bits per heavy atom. The Morgan fingerprint density at radius 3 is 3.09 bits per heavy atom. The quantitative estimate of drug-likeness (QED) is 0.814. The average Bonchev–Trinajstić information content (AvgIpc) is 2.54. The van der Waals surface area contributed by atoms with Gasteiger partial charge >= 0.3 is 0 Å². The minimum absolute atomic E-state index is 0.139. The molecule has 0 spiro atoms. The van der Waals surface area contributed by atoms with Crippen LogP contribution in [0.1, 0.15) is 38.7 Å². The van der Waals surface area contributed by atoms with E-state index in [0.29, 0.717) is 31.4 Å². The molecule has 2 rings (SSSR count). The van der Waals surface area contributed by atoms with E-state index in [0.717, 1.165) is 24.4 Å². The fourth-order valence-corrected chi connectivity index (χ4v) is 3.01. The van der Waals surface area contributed by atoms with Gasteiger partial charge in [-0.15, -0.1) is 0 Å². The summed E-state index contributed by atoms with van der Waals surface area (Å²) in [5, 5.41) is 6.44. The Balaban J connectivity index is 1.76. The molecule has 4 nitrogen and oxygen atoms in total. The molecule has 2 atom stereocenters. The van der Waals surface area contributed by atoms with Crippen molar-refractivity contribution in [1.82, 2.24) is 10.6 Å². The highest BCUT2D eigenvalue weighted by Gasteiger charge is 2.21. The first-order valence-corrected chi connectivity index (χ1v) is 8.38. The maximum Gasteiger partial charge on any atom is 0.220 e. The van der Waals surface area contributed by atoms with Crippen LogP contribution >= 0.6 is 0 Å². The van der Waals surface area contributed by atoms with Gasteiger partial charge in [-0.2, -0.15) is 0 Å². The summed E-state index contributed by atoms with van der Waals surface area (Å²) in [5.41, 5.74) is 1.08. The van der Waals surface area contributed by atoms with Gasteiger partial charge in [0.05, 0.1) is 6.61 Å². The van der Waals surface area contributed by atoms with Gasteiger partial charge < -0.3 is 15.4 Å². The second kappa shape index (κ2) is 8.79. The number of hydrogen-bond donors (Lipinski definition) is 2. The van der Waals surface area contributed by atoms with Gasteiger partial charge in [-0.3, -0.25) is 4.79 Å². The van der Waals surface area contributed by atoms with Crippen molar-refractivity contribution in [3.05, 3.63) is 29.8 Å². The van der Waals surface area contributed by atoms with E-state index in [9.17, 15) is 4.79 Å². The number of rotatable bonds is 7. The third-order valence-electron chi connectivity index (χ3n) is 4.35. The van der Waals surface area contributed by atoms with Crippen LogP contribution in [0.4, 0.5) is 0 Å². The number of hydrogen-bond acceptors (Lipinski definition) is 3. The molecule has 122 valence electrons. The van der Waals surface area contributed by atoms with E-state index in [1.807, 2.05) is 31.2 Å². The van der Waals surface area contributed by atoms with Crippen LogP contribution in [-0.4, -0.2) is 25.6 Å². The monoisotopic (exact) mass is 304 g/mol. The molecule has 0 aliphatic carbocycles. The fourth-order valence-electron chi connectivity index (χ4n) is 3.01. The van der Waals surface area contributed by atoms with Gasteiger partial charge in [0.2, 0.25) is 5.91 Å². The van der Waals surface area contributed by atoms with Crippen LogP contribution in [-0.2, 0) is 11.3 Å². The molecule has 1 amide bonds. The number of ether oxygens (including phenoxy) is 1. The lowest BCUT2D eigenvalue weighted by molar-refractivity contribution is -0.122. The number of benzene rings is 1. The number of amides is 1. The number of carbonyl (C=O) groups excluding carboxylic acids is 1. The largest absolute Gasteiger partial charge is 0.494 e. The third-order valence-corrected chi connectivity index (χ3v) is 4.35. The zero-order valence-corrected chi connectivity index (χ0v) is 13.7. The molecule has 1 aromatic rings. The van der Waals surface area contributed by atoms with Gasteiger partial charge in [-0.05, 0) is 62.4 Å². The fraction of sp³-hybridized carbons (Fsp3) is 0.611. The Hall–Kier alpha value is -1.55. The molecule has 0 saturated carbocycles. The van der Waals surface area contributed by atoms with E-state index in [-0.39, 0.29) is 5.91 Å². The van der Waals surface area contributed by atoms with Gasteiger partial charge in [0.25, 0.3) is 0 Å². The zero-order chi connectivity index (χ0) is 15.8. The topological polar surface area (TPSA) is 50.4 Å². The maximum atomic E-state index is 12.1. The molecule has 1 aliphatic heterocycles. The lowest BCUT2D eigenvalue weighted by Gasteiger charge is -2.28. The molecule has 2 N–H and O–H groups in total. The van der Waals surface area contributed by atoms with Crippen LogP contribution in [0, 0.1) is 11.8 Å². The van der Waals surface area contributed by atoms with E-state index >= 15 is 0 Å². The SMILES string of the molecule is CCOc1cccc(CNC(=O)CC(C)C2CCCNC2)c1. The highest BCUT2D eigenvalue weighted by Crippen LogP contribution is 2.22. The van der Waals surface area contributed by atoms with Crippen LogP contribution in [0.25, 0.3) is 0 Å². The summed E-state index contributed by atoms with van der Waals surface area (Å²) >= 11 is 0. The van der Waals surface area contributed by atoms with E-state index in [2.05, 4.69) is 17.6 Å². The molecular formula is C18H28N2O2. The van der Waals surface area contributed by atoms with Gasteiger partial charge in [0, 0.05) is 13.0 Å². The van der Waals surface area contributed by atoms with Gasteiger partial charge in [0.15, 0.2) is 0 Å². The van der Waals surface area contributed by atoms with Crippen molar-refractivity contribution in [2.45, 2.75) is 39.7 Å². The minimum atomic E-state index is 0.139. The van der Waals surface area contributed by atoms with Crippen molar-refractivity contribution < 1.29 is 9.53 Å². The second-order valence-electron chi connectivity index (χ2n) is 6.14. The summed E-state index contributed by atoms with van der Waals surface area (Å²) in [7, 11) is 0. The summed E-state index contributed by atoms with van der Waals surface area (Å²) in [6.07, 6.45) is 3.07. The molecule has 1 aliphatic rings. The Kier molecular flexibility index (Phi) is 6.72. The Labute approximate surface area is 133 Å². The van der Waals surface area contributed by atoms with Gasteiger partial charge in [-0.1, -0.05) is 19.1 Å². The van der Waals surface area contributed by atoms with Crippen molar-refractivity contribution >= 4 is 5.91 Å². The molecule has 1 aromatic carbocycles. The van der Waals surface area contributed by atoms with Crippen LogP contribution in [0.3, 0.4) is 0 Å². The summed E-state index contributed by atoms with van der Waals surface area (Å²) in [6, 6.07) is 7.89. The van der Waals surface area contributed by atoms with Gasteiger partial charge in [-0.25, -0.2) is 0 Å². The third kappa shape index (κ3) is 5.34. The average molecular weight is 304 g/mol. The lowest BCUT2D eigenvalue weighted by atomic mass is 9.85. The summed E-state index contributed by atoms with van der Waals surface area (Å²) in [4.78, 5) is 12.1. The molecule has 4 heteroatoms. The maximum absolute atomic E-state index is 12.1. The standard InChI is InChI=1S/C18H28N2O2/c1-3-22-17-8-4-6-15(11-17)12-20-18(21)10-14(2)16-7-5-9-19-13-16/h4,6,8,11,14,16,19H,3,5,7,9-10,12-13H2,1-2H3,(H,20,21). The molecule has 1 saturated heterocycles. The lowest BCUT2D eigenvalue weighted by Crippen LogP contribution is -2.35. The van der Waals surface area contributed by atoms with Crippen molar-refractivity contribution in [2.75, 3.05) is 19.7 Å². The smallest absolute Gasteiger partial charge is 0.220 e. The number of carbonyl (C=O) groups is 1. The normalized spacial score (nSPS) is 19.5. The predicted octanol–water partition coefficient (Wildman–Crippen LogP) is 2.73. The van der Waals surface area contributed by atoms with E-state index < -0.39 is 0 Å². The van der Waals surface area contributed by atoms with Crippen molar-refractivity contribution in [3.8, 4) is 5.75 Å². The summed E-state index contributed by atoms with van der Waals surface area (Å²) < 4.78 is 5.48. The van der Waals surface area contributed by atoms with Crippen LogP contribution < -0.4 is 15.4 Å². The first-order chi connectivity index (χ1) is 10.7. The zero-order valence-electron chi connectivity index (χ0n) is 13.7.